The summed E-state index contributed by atoms with van der Waals surface area (Å²) in [5, 5.41) is 1.46. The third-order valence-corrected chi connectivity index (χ3v) is 6.02. The lowest BCUT2D eigenvalue weighted by Crippen LogP contribution is -2.15. The number of fused-ring (bicyclic) bond motifs is 2. The number of halogens is 1. The van der Waals surface area contributed by atoms with Gasteiger partial charge in [-0.1, -0.05) is 48.0 Å². The van der Waals surface area contributed by atoms with E-state index in [0.29, 0.717) is 33.1 Å². The molecule has 162 valence electrons. The maximum absolute atomic E-state index is 12.6. The summed E-state index contributed by atoms with van der Waals surface area (Å²) in [6.07, 6.45) is 4.08. The van der Waals surface area contributed by atoms with Crippen molar-refractivity contribution < 1.29 is 4.74 Å². The Hall–Kier alpha value is -3.61. The second-order valence-corrected chi connectivity index (χ2v) is 8.60. The lowest BCUT2D eigenvalue weighted by molar-refractivity contribution is 0.105. The number of pyridine rings is 2. The van der Waals surface area contributed by atoms with E-state index in [9.17, 15) is 4.79 Å². The van der Waals surface area contributed by atoms with E-state index in [0.717, 1.165) is 34.9 Å². The molecular weight excluding hydrogens is 436 g/mol. The van der Waals surface area contributed by atoms with Gasteiger partial charge in [-0.15, -0.1) is 0 Å². The number of H-pyrrole nitrogens is 1. The standard InChI is InChI=1S/C26H19ClN4O2/c27-20-12-17(11-16-7-4-10-28-22(16)20)24-23(15-5-2-1-3-6-15)30-25-21(29-24)13-18(26(32)31-25)14-33-19-8-9-19/h1-7,10-13,19H,8-9,14H2,(H,30,31,32). The number of nitrogens with zero attached hydrogens (tertiary/aromatic N) is 3. The maximum atomic E-state index is 12.6. The molecular formula is C26H19ClN4O2. The number of ether oxygens (including phenoxy) is 1. The van der Waals surface area contributed by atoms with Crippen molar-refractivity contribution in [2.75, 3.05) is 0 Å². The zero-order chi connectivity index (χ0) is 22.4. The summed E-state index contributed by atoms with van der Waals surface area (Å²) in [4.78, 5) is 29.7. The third-order valence-electron chi connectivity index (χ3n) is 5.74. The lowest BCUT2D eigenvalue weighted by atomic mass is 10.0. The Balaban J connectivity index is 1.57. The molecule has 5 aromatic rings. The molecule has 0 saturated heterocycles. The Morgan fingerprint density at radius 2 is 1.79 bits per heavy atom. The summed E-state index contributed by atoms with van der Waals surface area (Å²) in [5.41, 5.74) is 5.19. The molecule has 1 aliphatic carbocycles. The molecule has 6 nitrogen and oxygen atoms in total. The molecule has 7 heteroatoms. The van der Waals surface area contributed by atoms with Gasteiger partial charge >= 0.3 is 0 Å². The van der Waals surface area contributed by atoms with Gasteiger partial charge in [-0.3, -0.25) is 9.78 Å². The van der Waals surface area contributed by atoms with Crippen molar-refractivity contribution in [1.82, 2.24) is 19.9 Å². The Kier molecular flexibility index (Phi) is 4.89. The van der Waals surface area contributed by atoms with Crippen LogP contribution in [0.1, 0.15) is 18.4 Å². The minimum Gasteiger partial charge on any atom is -0.373 e. The van der Waals surface area contributed by atoms with E-state index in [1.807, 2.05) is 54.6 Å². The number of benzene rings is 2. The highest BCUT2D eigenvalue weighted by atomic mass is 35.5. The molecule has 0 bridgehead atoms. The second kappa shape index (κ2) is 8.06. The van der Waals surface area contributed by atoms with Gasteiger partial charge in [0.1, 0.15) is 5.52 Å². The van der Waals surface area contributed by atoms with E-state index in [1.54, 1.807) is 12.3 Å². The van der Waals surface area contributed by atoms with Gasteiger partial charge in [-0.05, 0) is 37.1 Å². The van der Waals surface area contributed by atoms with Crippen LogP contribution in [0.2, 0.25) is 5.02 Å². The predicted molar refractivity (Wildman–Crippen MR) is 129 cm³/mol. The van der Waals surface area contributed by atoms with Crippen LogP contribution in [0.3, 0.4) is 0 Å². The van der Waals surface area contributed by atoms with E-state index in [1.165, 1.54) is 0 Å². The van der Waals surface area contributed by atoms with E-state index >= 15 is 0 Å². The van der Waals surface area contributed by atoms with Crippen LogP contribution in [0.4, 0.5) is 0 Å². The summed E-state index contributed by atoms with van der Waals surface area (Å²) in [5.74, 6) is 0. The van der Waals surface area contributed by atoms with Crippen LogP contribution in [0.15, 0.2) is 71.7 Å². The van der Waals surface area contributed by atoms with Crippen molar-refractivity contribution >= 4 is 33.7 Å². The first-order valence-corrected chi connectivity index (χ1v) is 11.2. The van der Waals surface area contributed by atoms with Crippen LogP contribution in [0, 0.1) is 0 Å². The summed E-state index contributed by atoms with van der Waals surface area (Å²) >= 11 is 6.58. The summed E-state index contributed by atoms with van der Waals surface area (Å²) < 4.78 is 5.75. The van der Waals surface area contributed by atoms with Gasteiger partial charge in [0, 0.05) is 28.3 Å². The van der Waals surface area contributed by atoms with Crippen LogP contribution in [0.5, 0.6) is 0 Å². The first kappa shape index (κ1) is 20.0. The normalized spacial score (nSPS) is 13.6. The van der Waals surface area contributed by atoms with Gasteiger partial charge < -0.3 is 9.72 Å². The Morgan fingerprint density at radius 1 is 0.970 bits per heavy atom. The number of aromatic nitrogens is 4. The quantitative estimate of drug-likeness (QED) is 0.377. The van der Waals surface area contributed by atoms with E-state index in [4.69, 9.17) is 26.3 Å². The SMILES string of the molecule is O=c1[nH]c2nc(-c3ccccc3)c(-c3cc(Cl)c4ncccc4c3)nc2cc1COC1CC1. The highest BCUT2D eigenvalue weighted by Crippen LogP contribution is 2.34. The molecule has 3 aromatic heterocycles. The average molecular weight is 455 g/mol. The molecule has 0 amide bonds. The fourth-order valence-corrected chi connectivity index (χ4v) is 4.17. The third kappa shape index (κ3) is 3.88. The fourth-order valence-electron chi connectivity index (χ4n) is 3.89. The van der Waals surface area contributed by atoms with Crippen LogP contribution < -0.4 is 5.56 Å². The molecule has 33 heavy (non-hydrogen) atoms. The minimum atomic E-state index is -0.205. The molecule has 0 spiro atoms. The molecule has 3 heterocycles. The van der Waals surface area contributed by atoms with Crippen molar-refractivity contribution in [3.63, 3.8) is 0 Å². The summed E-state index contributed by atoms with van der Waals surface area (Å²) in [6.45, 7) is 0.265. The molecule has 2 aromatic carbocycles. The molecule has 1 aliphatic rings. The summed E-state index contributed by atoms with van der Waals surface area (Å²) in [6, 6.07) is 19.3. The topological polar surface area (TPSA) is 80.8 Å². The van der Waals surface area contributed by atoms with Crippen molar-refractivity contribution in [2.45, 2.75) is 25.6 Å². The van der Waals surface area contributed by atoms with Crippen molar-refractivity contribution in [1.29, 1.82) is 0 Å². The van der Waals surface area contributed by atoms with Crippen LogP contribution in [-0.2, 0) is 11.3 Å². The number of hydrogen-bond donors (Lipinski definition) is 1. The van der Waals surface area contributed by atoms with Gasteiger partial charge in [0.2, 0.25) is 0 Å². The molecule has 0 unspecified atom stereocenters. The van der Waals surface area contributed by atoms with E-state index in [2.05, 4.69) is 9.97 Å². The number of rotatable bonds is 5. The zero-order valence-electron chi connectivity index (χ0n) is 17.6. The van der Waals surface area contributed by atoms with Crippen molar-refractivity contribution in [3.8, 4) is 22.5 Å². The first-order chi connectivity index (χ1) is 16.2. The molecule has 6 rings (SSSR count). The highest BCUT2D eigenvalue weighted by Gasteiger charge is 2.23. The lowest BCUT2D eigenvalue weighted by Gasteiger charge is -2.12. The average Bonchev–Trinajstić information content (AvgIpc) is 3.67. The Bertz CT molecular complexity index is 1560. The maximum Gasteiger partial charge on any atom is 0.255 e. The van der Waals surface area contributed by atoms with Gasteiger partial charge in [0.05, 0.1) is 34.6 Å². The van der Waals surface area contributed by atoms with Gasteiger partial charge in [0.15, 0.2) is 5.65 Å². The minimum absolute atomic E-state index is 0.205. The number of nitrogens with one attached hydrogen (secondary N) is 1. The fraction of sp³-hybridized carbons (Fsp3) is 0.154. The number of hydrogen-bond acceptors (Lipinski definition) is 5. The largest absolute Gasteiger partial charge is 0.373 e. The van der Waals surface area contributed by atoms with Crippen molar-refractivity contribution in [2.24, 2.45) is 0 Å². The molecule has 1 saturated carbocycles. The van der Waals surface area contributed by atoms with Crippen molar-refractivity contribution in [3.05, 3.63) is 87.8 Å². The molecule has 1 fully saturated rings. The molecule has 0 radical (unpaired) electrons. The monoisotopic (exact) mass is 454 g/mol. The highest BCUT2D eigenvalue weighted by molar-refractivity contribution is 6.35. The van der Waals surface area contributed by atoms with E-state index < -0.39 is 0 Å². The predicted octanol–water partition coefficient (Wildman–Crippen LogP) is 5.53. The van der Waals surface area contributed by atoms with Gasteiger partial charge in [-0.2, -0.15) is 0 Å². The van der Waals surface area contributed by atoms with E-state index in [-0.39, 0.29) is 18.3 Å². The van der Waals surface area contributed by atoms with Crippen LogP contribution in [0.25, 0.3) is 44.6 Å². The Labute approximate surface area is 194 Å². The number of aromatic amines is 1. The first-order valence-electron chi connectivity index (χ1n) is 10.8. The summed E-state index contributed by atoms with van der Waals surface area (Å²) in [7, 11) is 0. The molecule has 0 aliphatic heterocycles. The Morgan fingerprint density at radius 3 is 2.61 bits per heavy atom. The molecule has 1 N–H and O–H groups in total. The second-order valence-electron chi connectivity index (χ2n) is 8.19. The van der Waals surface area contributed by atoms with Gasteiger partial charge in [0.25, 0.3) is 5.56 Å². The molecule has 0 atom stereocenters. The van der Waals surface area contributed by atoms with Crippen LogP contribution in [-0.4, -0.2) is 26.0 Å². The van der Waals surface area contributed by atoms with Crippen LogP contribution >= 0.6 is 11.6 Å². The van der Waals surface area contributed by atoms with Gasteiger partial charge in [-0.25, -0.2) is 9.97 Å². The smallest absolute Gasteiger partial charge is 0.255 e. The zero-order valence-corrected chi connectivity index (χ0v) is 18.3.